The zero-order valence-corrected chi connectivity index (χ0v) is 20.1. The van der Waals surface area contributed by atoms with Crippen LogP contribution in [0.2, 0.25) is 0 Å². The average Bonchev–Trinajstić information content (AvgIpc) is 3.19. The number of azo groups is 2. The minimum absolute atomic E-state index is 0.331. The van der Waals surface area contributed by atoms with Crippen molar-refractivity contribution in [3.63, 3.8) is 0 Å². The summed E-state index contributed by atoms with van der Waals surface area (Å²) >= 11 is 1.43. The minimum Gasteiger partial charge on any atom is -0.342 e. The molecule has 32 heavy (non-hydrogen) atoms. The van der Waals surface area contributed by atoms with Crippen molar-refractivity contribution in [3.8, 4) is 0 Å². The van der Waals surface area contributed by atoms with Crippen LogP contribution in [-0.2, 0) is 0 Å². The second-order valence-corrected chi connectivity index (χ2v) is 8.90. The van der Waals surface area contributed by atoms with Crippen molar-refractivity contribution in [1.82, 2.24) is 10.2 Å². The molecular formula is C23H28N8S. The van der Waals surface area contributed by atoms with Crippen LogP contribution in [0, 0.1) is 13.8 Å². The van der Waals surface area contributed by atoms with Crippen molar-refractivity contribution < 1.29 is 0 Å². The molecule has 0 unspecified atom stereocenters. The second kappa shape index (κ2) is 10.3. The van der Waals surface area contributed by atoms with Gasteiger partial charge in [0, 0.05) is 12.1 Å². The van der Waals surface area contributed by atoms with Crippen LogP contribution in [0.4, 0.5) is 33.0 Å². The number of aliphatic imine (C=N–C) groups is 1. The first-order valence-electron chi connectivity index (χ1n) is 10.4. The van der Waals surface area contributed by atoms with Gasteiger partial charge in [0.2, 0.25) is 5.13 Å². The maximum Gasteiger partial charge on any atom is 0.253 e. The first-order valence-corrected chi connectivity index (χ1v) is 11.2. The zero-order valence-electron chi connectivity index (χ0n) is 19.3. The Morgan fingerprint density at radius 1 is 0.781 bits per heavy atom. The fourth-order valence-electron chi connectivity index (χ4n) is 3.26. The molecule has 0 spiro atoms. The van der Waals surface area contributed by atoms with E-state index in [4.69, 9.17) is 0 Å². The van der Waals surface area contributed by atoms with Gasteiger partial charge in [-0.2, -0.15) is 10.2 Å². The van der Waals surface area contributed by atoms with Crippen molar-refractivity contribution in [2.75, 3.05) is 4.90 Å². The highest BCUT2D eigenvalue weighted by Gasteiger charge is 2.18. The largest absolute Gasteiger partial charge is 0.342 e. The van der Waals surface area contributed by atoms with Crippen molar-refractivity contribution in [3.05, 3.63) is 47.5 Å². The molecule has 1 aromatic heterocycles. The number of aromatic nitrogens is 2. The molecule has 8 nitrogen and oxygen atoms in total. The molecule has 9 heteroatoms. The van der Waals surface area contributed by atoms with E-state index < -0.39 is 0 Å². The lowest BCUT2D eigenvalue weighted by atomic mass is 10.2. The number of nitrogens with zero attached hydrogens (tertiary/aromatic N) is 8. The van der Waals surface area contributed by atoms with Gasteiger partial charge in [0.1, 0.15) is 0 Å². The van der Waals surface area contributed by atoms with Crippen molar-refractivity contribution in [2.24, 2.45) is 25.4 Å². The Morgan fingerprint density at radius 2 is 1.34 bits per heavy atom. The third-order valence-electron chi connectivity index (χ3n) is 4.80. The molecule has 0 saturated heterocycles. The molecule has 0 aliphatic heterocycles. The third kappa shape index (κ3) is 5.67. The van der Waals surface area contributed by atoms with Gasteiger partial charge in [-0.1, -0.05) is 11.3 Å². The first kappa shape index (κ1) is 23.3. The van der Waals surface area contributed by atoms with E-state index in [2.05, 4.69) is 75.0 Å². The summed E-state index contributed by atoms with van der Waals surface area (Å²) in [6, 6.07) is 12.0. The molecule has 1 heterocycles. The molecule has 0 aliphatic rings. The number of anilines is 1. The van der Waals surface area contributed by atoms with Gasteiger partial charge in [-0.05, 0) is 95.8 Å². The quantitative estimate of drug-likeness (QED) is 0.259. The Morgan fingerprint density at radius 3 is 1.91 bits per heavy atom. The summed E-state index contributed by atoms with van der Waals surface area (Å²) in [6.07, 6.45) is 0. The Hall–Kier alpha value is -3.33. The molecule has 0 N–H and O–H groups in total. The van der Waals surface area contributed by atoms with Crippen LogP contribution in [0.25, 0.3) is 0 Å². The Bertz CT molecular complexity index is 1140. The lowest BCUT2D eigenvalue weighted by molar-refractivity contribution is 0.603. The predicted molar refractivity (Wildman–Crippen MR) is 133 cm³/mol. The van der Waals surface area contributed by atoms with E-state index in [0.29, 0.717) is 17.2 Å². The topological polar surface area (TPSA) is 90.8 Å². The normalized spacial score (nSPS) is 11.9. The van der Waals surface area contributed by atoms with Gasteiger partial charge < -0.3 is 4.90 Å². The van der Waals surface area contributed by atoms with E-state index in [1.807, 2.05) is 50.2 Å². The van der Waals surface area contributed by atoms with Crippen molar-refractivity contribution in [1.29, 1.82) is 0 Å². The van der Waals surface area contributed by atoms with Gasteiger partial charge in [-0.15, -0.1) is 20.4 Å². The summed E-state index contributed by atoms with van der Waals surface area (Å²) in [5.74, 6) is 0. The number of rotatable bonds is 8. The van der Waals surface area contributed by atoms with Crippen LogP contribution < -0.4 is 4.90 Å². The van der Waals surface area contributed by atoms with E-state index in [0.717, 1.165) is 39.0 Å². The number of aryl methyl sites for hydroxylation is 2. The van der Waals surface area contributed by atoms with E-state index in [-0.39, 0.29) is 0 Å². The fraction of sp³-hybridized carbons (Fsp3) is 0.348. The van der Waals surface area contributed by atoms with E-state index in [1.165, 1.54) is 11.3 Å². The molecular weight excluding hydrogens is 420 g/mol. The smallest absolute Gasteiger partial charge is 0.253 e. The summed E-state index contributed by atoms with van der Waals surface area (Å²) in [5.41, 5.74) is 5.05. The number of hydrogen-bond donors (Lipinski definition) is 0. The molecule has 2 aromatic carbocycles. The van der Waals surface area contributed by atoms with Crippen LogP contribution in [0.5, 0.6) is 0 Å². The highest BCUT2D eigenvalue weighted by molar-refractivity contribution is 7.18. The van der Waals surface area contributed by atoms with Crippen LogP contribution in [-0.4, -0.2) is 29.0 Å². The summed E-state index contributed by atoms with van der Waals surface area (Å²) in [7, 11) is 0. The molecule has 3 aromatic rings. The summed E-state index contributed by atoms with van der Waals surface area (Å²) in [5, 5.41) is 27.2. The predicted octanol–water partition coefficient (Wildman–Crippen LogP) is 7.94. The second-order valence-electron chi connectivity index (χ2n) is 7.96. The Kier molecular flexibility index (Phi) is 7.53. The molecule has 0 radical (unpaired) electrons. The zero-order chi connectivity index (χ0) is 23.3. The lowest BCUT2D eigenvalue weighted by Gasteiger charge is -2.29. The van der Waals surface area contributed by atoms with Gasteiger partial charge in [0.15, 0.2) is 0 Å². The van der Waals surface area contributed by atoms with Crippen molar-refractivity contribution in [2.45, 2.75) is 53.6 Å². The van der Waals surface area contributed by atoms with Crippen LogP contribution in [0.1, 0.15) is 38.8 Å². The molecule has 0 bridgehead atoms. The Labute approximate surface area is 192 Å². The molecule has 0 aliphatic carbocycles. The number of hydrogen-bond acceptors (Lipinski definition) is 9. The van der Waals surface area contributed by atoms with Gasteiger partial charge >= 0.3 is 0 Å². The van der Waals surface area contributed by atoms with Crippen LogP contribution in [0.15, 0.2) is 61.8 Å². The third-order valence-corrected chi connectivity index (χ3v) is 5.62. The van der Waals surface area contributed by atoms with Crippen molar-refractivity contribution >= 4 is 51.1 Å². The maximum absolute atomic E-state index is 4.36. The van der Waals surface area contributed by atoms with Gasteiger partial charge in [0.05, 0.1) is 22.7 Å². The number of benzene rings is 2. The maximum atomic E-state index is 4.36. The summed E-state index contributed by atoms with van der Waals surface area (Å²) in [4.78, 5) is 6.14. The SMILES string of the molecule is C=Nc1ccc(N=Nc2ccc(N=Nc3nnc(N(C(C)C)C(C)C)s3)c(C)c2)c(C)c1. The fourth-order valence-corrected chi connectivity index (χ4v) is 4.20. The molecule has 3 rings (SSSR count). The van der Waals surface area contributed by atoms with E-state index in [9.17, 15) is 0 Å². The molecule has 0 fully saturated rings. The highest BCUT2D eigenvalue weighted by Crippen LogP contribution is 2.32. The first-order chi connectivity index (χ1) is 15.3. The average molecular weight is 449 g/mol. The molecule has 0 saturated carbocycles. The monoisotopic (exact) mass is 448 g/mol. The van der Waals surface area contributed by atoms with Gasteiger partial charge in [-0.3, -0.25) is 4.99 Å². The summed E-state index contributed by atoms with van der Waals surface area (Å²) < 4.78 is 0. The molecule has 0 atom stereocenters. The lowest BCUT2D eigenvalue weighted by Crippen LogP contribution is -2.36. The minimum atomic E-state index is 0.331. The van der Waals surface area contributed by atoms with Crippen LogP contribution in [0.3, 0.4) is 0 Å². The van der Waals surface area contributed by atoms with E-state index >= 15 is 0 Å². The van der Waals surface area contributed by atoms with Crippen LogP contribution >= 0.6 is 11.3 Å². The molecule has 166 valence electrons. The van der Waals surface area contributed by atoms with Gasteiger partial charge in [0.25, 0.3) is 5.13 Å². The standard InChI is InChI=1S/C23H28N8S/c1-14(2)31(15(3)4)23-30-29-22(32-23)28-27-21-11-9-19(13-17(21)6)25-26-20-10-8-18(24-7)12-16(20)5/h8-15H,7H2,1-6H3. The summed E-state index contributed by atoms with van der Waals surface area (Å²) in [6.45, 7) is 16.0. The Balaban J connectivity index is 1.73. The molecule has 0 amide bonds. The highest BCUT2D eigenvalue weighted by atomic mass is 32.1. The van der Waals surface area contributed by atoms with Gasteiger partial charge in [-0.25, -0.2) is 0 Å². The van der Waals surface area contributed by atoms with E-state index in [1.54, 1.807) is 0 Å².